The Kier molecular flexibility index (Phi) is 6.26. The van der Waals surface area contributed by atoms with Gasteiger partial charge in [0.1, 0.15) is 0 Å². The van der Waals surface area contributed by atoms with Crippen LogP contribution >= 0.6 is 0 Å². The van der Waals surface area contributed by atoms with Crippen LogP contribution in [-0.4, -0.2) is 35.7 Å². The molecule has 27 heavy (non-hydrogen) atoms. The molecule has 0 unspecified atom stereocenters. The molecule has 1 aromatic heterocycles. The second-order valence-corrected chi connectivity index (χ2v) is 9.68. The van der Waals surface area contributed by atoms with Crippen molar-refractivity contribution >= 4 is 10.0 Å². The van der Waals surface area contributed by atoms with E-state index in [0.29, 0.717) is 24.2 Å². The lowest BCUT2D eigenvalue weighted by Crippen LogP contribution is -2.19. The van der Waals surface area contributed by atoms with Gasteiger partial charge in [-0.25, -0.2) is 13.1 Å². The van der Waals surface area contributed by atoms with Crippen molar-refractivity contribution in [2.75, 3.05) is 7.05 Å². The summed E-state index contributed by atoms with van der Waals surface area (Å²) in [7, 11) is -2.10. The van der Waals surface area contributed by atoms with E-state index in [4.69, 9.17) is 0 Å². The molecule has 1 fully saturated rings. The third-order valence-electron chi connectivity index (χ3n) is 5.12. The third kappa shape index (κ3) is 4.93. The van der Waals surface area contributed by atoms with Gasteiger partial charge >= 0.3 is 0 Å². The van der Waals surface area contributed by atoms with Crippen LogP contribution in [0, 0.1) is 11.8 Å². The van der Waals surface area contributed by atoms with Gasteiger partial charge in [0.25, 0.3) is 0 Å². The van der Waals surface area contributed by atoms with Crippen molar-refractivity contribution in [1.82, 2.24) is 24.9 Å². The molecule has 0 amide bonds. The Morgan fingerprint density at radius 1 is 1.22 bits per heavy atom. The van der Waals surface area contributed by atoms with Crippen LogP contribution in [0.2, 0.25) is 0 Å². The van der Waals surface area contributed by atoms with Crippen molar-refractivity contribution in [3.63, 3.8) is 0 Å². The molecule has 0 saturated heterocycles. The van der Waals surface area contributed by atoms with Crippen LogP contribution in [0.4, 0.5) is 0 Å². The highest BCUT2D eigenvalue weighted by Gasteiger charge is 2.21. The second kappa shape index (κ2) is 8.48. The molecule has 0 aliphatic heterocycles. The molecule has 1 heterocycles. The summed E-state index contributed by atoms with van der Waals surface area (Å²) in [6, 6.07) is 5.27. The van der Waals surface area contributed by atoms with Crippen molar-refractivity contribution in [2.45, 2.75) is 63.8 Å². The molecule has 0 spiro atoms. The molecule has 0 atom stereocenters. The predicted octanol–water partition coefficient (Wildman–Crippen LogP) is 3.03. The minimum Gasteiger partial charge on any atom is -0.214 e. The highest BCUT2D eigenvalue weighted by atomic mass is 32.2. The van der Waals surface area contributed by atoms with Crippen molar-refractivity contribution in [3.8, 4) is 11.4 Å². The van der Waals surface area contributed by atoms with Crippen LogP contribution < -0.4 is 4.72 Å². The quantitative estimate of drug-likeness (QED) is 0.783. The average molecular weight is 392 g/mol. The maximum absolute atomic E-state index is 12.3. The van der Waals surface area contributed by atoms with E-state index in [2.05, 4.69) is 34.0 Å². The molecule has 7 nitrogen and oxygen atoms in total. The lowest BCUT2D eigenvalue weighted by Gasteiger charge is -2.22. The van der Waals surface area contributed by atoms with E-state index in [0.717, 1.165) is 17.5 Å². The molecule has 1 N–H and O–H groups in total. The molecule has 3 rings (SSSR count). The fourth-order valence-electron chi connectivity index (χ4n) is 3.68. The van der Waals surface area contributed by atoms with Crippen LogP contribution in [0.3, 0.4) is 0 Å². The molecule has 0 bridgehead atoms. The number of hydrogen-bond acceptors (Lipinski definition) is 5. The van der Waals surface area contributed by atoms with Crippen LogP contribution in [0.15, 0.2) is 23.1 Å². The second-order valence-electron chi connectivity index (χ2n) is 7.80. The first-order valence-corrected chi connectivity index (χ1v) is 11.2. The van der Waals surface area contributed by atoms with E-state index < -0.39 is 10.0 Å². The summed E-state index contributed by atoms with van der Waals surface area (Å²) in [5.74, 6) is 1.54. The number of sulfonamides is 1. The molecule has 148 valence electrons. The van der Waals surface area contributed by atoms with Gasteiger partial charge in [0.15, 0.2) is 0 Å². The van der Waals surface area contributed by atoms with Crippen molar-refractivity contribution in [1.29, 1.82) is 0 Å². The molecule has 1 saturated carbocycles. The Bertz CT molecular complexity index is 870. The molecule has 8 heteroatoms. The SMILES string of the molecule is CNS(=O)(=O)c1ccc(CC2CCCCC2)c(-c2nnn(CC(C)C)n2)c1. The molecule has 1 aliphatic carbocycles. The third-order valence-corrected chi connectivity index (χ3v) is 6.53. The normalized spacial score (nSPS) is 16.1. The van der Waals surface area contributed by atoms with Gasteiger partial charge in [-0.15, -0.1) is 10.2 Å². The lowest BCUT2D eigenvalue weighted by atomic mass is 9.84. The van der Waals surface area contributed by atoms with Gasteiger partial charge in [-0.2, -0.15) is 4.80 Å². The molecule has 2 aromatic rings. The standard InChI is InChI=1S/C19H29N5O2S/c1-14(2)13-24-22-19(21-23-24)18-12-17(27(25,26)20-3)10-9-16(18)11-15-7-5-4-6-8-15/h9-10,12,14-15,20H,4-8,11,13H2,1-3H3. The average Bonchev–Trinajstić information content (AvgIpc) is 3.10. The molecular weight excluding hydrogens is 362 g/mol. The van der Waals surface area contributed by atoms with E-state index in [1.807, 2.05) is 6.07 Å². The Morgan fingerprint density at radius 3 is 2.63 bits per heavy atom. The molecule has 0 radical (unpaired) electrons. The van der Waals surface area contributed by atoms with E-state index >= 15 is 0 Å². The largest absolute Gasteiger partial charge is 0.240 e. The monoisotopic (exact) mass is 391 g/mol. The van der Waals surface area contributed by atoms with Gasteiger partial charge < -0.3 is 0 Å². The number of rotatable bonds is 7. The maximum atomic E-state index is 12.3. The van der Waals surface area contributed by atoms with Crippen LogP contribution in [-0.2, 0) is 23.0 Å². The first-order chi connectivity index (χ1) is 12.9. The fourth-order valence-corrected chi connectivity index (χ4v) is 4.44. The van der Waals surface area contributed by atoms with Crippen LogP contribution in [0.5, 0.6) is 0 Å². The van der Waals surface area contributed by atoms with E-state index in [9.17, 15) is 8.42 Å². The topological polar surface area (TPSA) is 89.8 Å². The molecule has 1 aliphatic rings. The summed E-state index contributed by atoms with van der Waals surface area (Å²) < 4.78 is 26.9. The Hall–Kier alpha value is -1.80. The zero-order chi connectivity index (χ0) is 19.4. The number of aromatic nitrogens is 4. The number of nitrogens with zero attached hydrogens (tertiary/aromatic N) is 4. The zero-order valence-corrected chi connectivity index (χ0v) is 17.2. The smallest absolute Gasteiger partial charge is 0.214 e. The highest BCUT2D eigenvalue weighted by molar-refractivity contribution is 7.89. The summed E-state index contributed by atoms with van der Waals surface area (Å²) in [5.41, 5.74) is 1.87. The zero-order valence-electron chi connectivity index (χ0n) is 16.4. The predicted molar refractivity (Wildman–Crippen MR) is 105 cm³/mol. The highest BCUT2D eigenvalue weighted by Crippen LogP contribution is 2.31. The summed E-state index contributed by atoms with van der Waals surface area (Å²) in [5, 5.41) is 12.9. The number of tetrazole rings is 1. The molecular formula is C19H29N5O2S. The Balaban J connectivity index is 1.98. The minimum atomic E-state index is -3.52. The summed E-state index contributed by atoms with van der Waals surface area (Å²) >= 11 is 0. The maximum Gasteiger partial charge on any atom is 0.240 e. The van der Waals surface area contributed by atoms with Gasteiger partial charge in [-0.3, -0.25) is 0 Å². The van der Waals surface area contributed by atoms with Crippen LogP contribution in [0.1, 0.15) is 51.5 Å². The van der Waals surface area contributed by atoms with E-state index in [1.54, 1.807) is 16.9 Å². The fraction of sp³-hybridized carbons (Fsp3) is 0.632. The van der Waals surface area contributed by atoms with E-state index in [1.165, 1.54) is 39.2 Å². The van der Waals surface area contributed by atoms with Crippen molar-refractivity contribution < 1.29 is 8.42 Å². The van der Waals surface area contributed by atoms with Crippen molar-refractivity contribution in [3.05, 3.63) is 23.8 Å². The van der Waals surface area contributed by atoms with Gasteiger partial charge in [-0.1, -0.05) is 52.0 Å². The Morgan fingerprint density at radius 2 is 1.96 bits per heavy atom. The summed E-state index contributed by atoms with van der Waals surface area (Å²) in [6.45, 7) is 4.87. The Labute approximate surface area is 161 Å². The van der Waals surface area contributed by atoms with Gasteiger partial charge in [-0.05, 0) is 48.2 Å². The summed E-state index contributed by atoms with van der Waals surface area (Å²) in [4.78, 5) is 1.82. The minimum absolute atomic E-state index is 0.229. The van der Waals surface area contributed by atoms with Gasteiger partial charge in [0.2, 0.25) is 15.8 Å². The van der Waals surface area contributed by atoms with Crippen molar-refractivity contribution in [2.24, 2.45) is 11.8 Å². The van der Waals surface area contributed by atoms with E-state index in [-0.39, 0.29) is 4.90 Å². The summed E-state index contributed by atoms with van der Waals surface area (Å²) in [6.07, 6.45) is 7.23. The van der Waals surface area contributed by atoms with Crippen LogP contribution in [0.25, 0.3) is 11.4 Å². The van der Waals surface area contributed by atoms with Gasteiger partial charge in [0.05, 0.1) is 11.4 Å². The van der Waals surface area contributed by atoms with Gasteiger partial charge in [0, 0.05) is 5.56 Å². The number of hydrogen-bond donors (Lipinski definition) is 1. The number of benzene rings is 1. The lowest BCUT2D eigenvalue weighted by molar-refractivity contribution is 0.357. The number of nitrogens with one attached hydrogen (secondary N) is 1. The molecule has 1 aromatic carbocycles. The first-order valence-electron chi connectivity index (χ1n) is 9.73. The first kappa shape index (κ1) is 19.9.